The molecule has 0 bridgehead atoms. The number of pyridine rings is 1. The Morgan fingerprint density at radius 3 is 2.89 bits per heavy atom. The predicted molar refractivity (Wildman–Crippen MR) is 65.5 cm³/mol. The minimum absolute atomic E-state index is 0.0699. The fourth-order valence-electron chi connectivity index (χ4n) is 2.10. The van der Waals surface area contributed by atoms with Crippen LogP contribution in [0, 0.1) is 5.82 Å². The molecule has 1 N–H and O–H groups in total. The summed E-state index contributed by atoms with van der Waals surface area (Å²) in [7, 11) is 2.03. The Hall–Kier alpha value is -1.69. The van der Waals surface area contributed by atoms with E-state index in [0.29, 0.717) is 12.4 Å². The van der Waals surface area contributed by atoms with Gasteiger partial charge in [-0.15, -0.1) is 0 Å². The van der Waals surface area contributed by atoms with Gasteiger partial charge in [0.25, 0.3) is 0 Å². The van der Waals surface area contributed by atoms with Gasteiger partial charge >= 0.3 is 5.97 Å². The van der Waals surface area contributed by atoms with Crippen molar-refractivity contribution < 1.29 is 14.3 Å². The van der Waals surface area contributed by atoms with Crippen molar-refractivity contribution >= 4 is 11.8 Å². The van der Waals surface area contributed by atoms with Crippen molar-refractivity contribution in [2.24, 2.45) is 0 Å². The number of aromatic carboxylic acids is 1. The summed E-state index contributed by atoms with van der Waals surface area (Å²) in [6.07, 6.45) is 2.00. The second-order valence-corrected chi connectivity index (χ2v) is 4.47. The van der Waals surface area contributed by atoms with Crippen LogP contribution >= 0.6 is 0 Å². The Labute approximate surface area is 105 Å². The molecule has 1 saturated heterocycles. The van der Waals surface area contributed by atoms with Crippen LogP contribution in [0.1, 0.15) is 16.8 Å². The van der Waals surface area contributed by atoms with E-state index < -0.39 is 11.8 Å². The molecule has 0 aliphatic carbocycles. The Bertz CT molecular complexity index is 453. The number of aromatic nitrogens is 1. The highest BCUT2D eigenvalue weighted by Crippen LogP contribution is 2.20. The van der Waals surface area contributed by atoms with Crippen molar-refractivity contribution in [3.8, 4) is 0 Å². The first kappa shape index (κ1) is 12.8. The van der Waals surface area contributed by atoms with Crippen LogP contribution < -0.4 is 4.90 Å². The Balaban J connectivity index is 2.29. The number of halogens is 1. The van der Waals surface area contributed by atoms with Crippen LogP contribution in [0.25, 0.3) is 0 Å². The third-order valence-electron chi connectivity index (χ3n) is 3.08. The highest BCUT2D eigenvalue weighted by molar-refractivity contribution is 5.93. The molecule has 5 nitrogen and oxygen atoms in total. The van der Waals surface area contributed by atoms with E-state index in [1.54, 1.807) is 0 Å². The van der Waals surface area contributed by atoms with E-state index in [0.717, 1.165) is 38.3 Å². The molecular weight excluding hydrogens is 237 g/mol. The SMILES string of the molecule is CN1CCCN(c2ncc(F)cc2C(=O)O)CC1. The summed E-state index contributed by atoms with van der Waals surface area (Å²) in [5, 5.41) is 9.10. The van der Waals surface area contributed by atoms with Gasteiger partial charge in [0, 0.05) is 19.6 Å². The number of likely N-dealkylation sites (N-methyl/N-ethyl adjacent to an activating group) is 1. The van der Waals surface area contributed by atoms with Gasteiger partial charge in [-0.1, -0.05) is 0 Å². The van der Waals surface area contributed by atoms with E-state index in [2.05, 4.69) is 9.88 Å². The number of nitrogens with zero attached hydrogens (tertiary/aromatic N) is 3. The number of rotatable bonds is 2. The molecule has 1 fully saturated rings. The van der Waals surface area contributed by atoms with Crippen LogP contribution in [0.3, 0.4) is 0 Å². The Morgan fingerprint density at radius 2 is 2.17 bits per heavy atom. The lowest BCUT2D eigenvalue weighted by Crippen LogP contribution is -2.30. The molecule has 0 unspecified atom stereocenters. The Morgan fingerprint density at radius 1 is 1.39 bits per heavy atom. The minimum Gasteiger partial charge on any atom is -0.478 e. The number of carbonyl (C=O) groups is 1. The number of hydrogen-bond acceptors (Lipinski definition) is 4. The maximum absolute atomic E-state index is 13.1. The third-order valence-corrected chi connectivity index (χ3v) is 3.08. The van der Waals surface area contributed by atoms with Gasteiger partial charge in [-0.05, 0) is 26.1 Å². The molecule has 2 rings (SSSR count). The first-order valence-electron chi connectivity index (χ1n) is 5.90. The predicted octanol–water partition coefficient (Wildman–Crippen LogP) is 1.06. The van der Waals surface area contributed by atoms with Crippen molar-refractivity contribution in [1.29, 1.82) is 0 Å². The van der Waals surface area contributed by atoms with Crippen LogP contribution in [0.2, 0.25) is 0 Å². The molecule has 18 heavy (non-hydrogen) atoms. The van der Waals surface area contributed by atoms with Gasteiger partial charge in [0.15, 0.2) is 0 Å². The van der Waals surface area contributed by atoms with Crippen molar-refractivity contribution in [2.75, 3.05) is 38.1 Å². The molecule has 1 aromatic heterocycles. The van der Waals surface area contributed by atoms with E-state index in [9.17, 15) is 9.18 Å². The van der Waals surface area contributed by atoms with Gasteiger partial charge in [0.05, 0.1) is 6.20 Å². The fourth-order valence-corrected chi connectivity index (χ4v) is 2.10. The van der Waals surface area contributed by atoms with Crippen molar-refractivity contribution in [3.05, 3.63) is 23.6 Å². The quantitative estimate of drug-likeness (QED) is 0.854. The van der Waals surface area contributed by atoms with Crippen molar-refractivity contribution in [3.63, 3.8) is 0 Å². The molecule has 98 valence electrons. The fraction of sp³-hybridized carbons (Fsp3) is 0.500. The van der Waals surface area contributed by atoms with Gasteiger partial charge in [-0.2, -0.15) is 0 Å². The van der Waals surface area contributed by atoms with Crippen molar-refractivity contribution in [2.45, 2.75) is 6.42 Å². The standard InChI is InChI=1S/C12H16FN3O2/c1-15-3-2-4-16(6-5-15)11-10(12(17)18)7-9(13)8-14-11/h7-8H,2-6H2,1H3,(H,17,18). The summed E-state index contributed by atoms with van der Waals surface area (Å²) in [5.74, 6) is -1.41. The summed E-state index contributed by atoms with van der Waals surface area (Å²) in [6, 6.07) is 1.03. The maximum atomic E-state index is 13.1. The van der Waals surface area contributed by atoms with Gasteiger partial charge in [-0.25, -0.2) is 14.2 Å². The molecule has 0 radical (unpaired) electrons. The number of hydrogen-bond donors (Lipinski definition) is 1. The summed E-state index contributed by atoms with van der Waals surface area (Å²) in [4.78, 5) is 19.2. The first-order valence-corrected chi connectivity index (χ1v) is 5.90. The average molecular weight is 253 g/mol. The molecule has 0 spiro atoms. The zero-order chi connectivity index (χ0) is 13.1. The molecule has 0 aromatic carbocycles. The van der Waals surface area contributed by atoms with E-state index in [1.165, 1.54) is 0 Å². The lowest BCUT2D eigenvalue weighted by atomic mass is 10.2. The number of carboxylic acid groups (broad SMARTS) is 1. The molecule has 1 aromatic rings. The van der Waals surface area contributed by atoms with Crippen LogP contribution in [0.4, 0.5) is 10.2 Å². The van der Waals surface area contributed by atoms with Gasteiger partial charge < -0.3 is 14.9 Å². The van der Waals surface area contributed by atoms with Gasteiger partial charge in [0.1, 0.15) is 17.2 Å². The molecule has 0 amide bonds. The zero-order valence-electron chi connectivity index (χ0n) is 10.3. The first-order chi connectivity index (χ1) is 8.58. The van der Waals surface area contributed by atoms with Crippen molar-refractivity contribution in [1.82, 2.24) is 9.88 Å². The van der Waals surface area contributed by atoms with Crippen LogP contribution in [0.5, 0.6) is 0 Å². The summed E-state index contributed by atoms with van der Waals surface area (Å²) < 4.78 is 13.1. The normalized spacial score (nSPS) is 17.6. The smallest absolute Gasteiger partial charge is 0.339 e. The second-order valence-electron chi connectivity index (χ2n) is 4.47. The van der Waals surface area contributed by atoms with Crippen LogP contribution in [-0.2, 0) is 0 Å². The van der Waals surface area contributed by atoms with E-state index in [-0.39, 0.29) is 5.56 Å². The maximum Gasteiger partial charge on any atom is 0.339 e. The Kier molecular flexibility index (Phi) is 3.76. The molecule has 0 saturated carbocycles. The second kappa shape index (κ2) is 5.30. The minimum atomic E-state index is -1.14. The largest absolute Gasteiger partial charge is 0.478 e. The van der Waals surface area contributed by atoms with E-state index in [4.69, 9.17) is 5.11 Å². The summed E-state index contributed by atoms with van der Waals surface area (Å²) in [6.45, 7) is 3.26. The van der Waals surface area contributed by atoms with Gasteiger partial charge in [0.2, 0.25) is 0 Å². The molecule has 6 heteroatoms. The van der Waals surface area contributed by atoms with Gasteiger partial charge in [-0.3, -0.25) is 0 Å². The summed E-state index contributed by atoms with van der Waals surface area (Å²) >= 11 is 0. The topological polar surface area (TPSA) is 56.7 Å². The highest BCUT2D eigenvalue weighted by Gasteiger charge is 2.20. The van der Waals surface area contributed by atoms with Crippen LogP contribution in [-0.4, -0.2) is 54.2 Å². The number of anilines is 1. The van der Waals surface area contributed by atoms with Crippen LogP contribution in [0.15, 0.2) is 12.3 Å². The van der Waals surface area contributed by atoms with E-state index >= 15 is 0 Å². The molecule has 1 aliphatic heterocycles. The molecule has 1 aliphatic rings. The highest BCUT2D eigenvalue weighted by atomic mass is 19.1. The third kappa shape index (κ3) is 2.76. The molecular formula is C12H16FN3O2. The molecule has 0 atom stereocenters. The summed E-state index contributed by atoms with van der Waals surface area (Å²) in [5.41, 5.74) is -0.0699. The van der Waals surface area contributed by atoms with E-state index in [1.807, 2.05) is 11.9 Å². The average Bonchev–Trinajstić information content (AvgIpc) is 2.54. The lowest BCUT2D eigenvalue weighted by Gasteiger charge is -2.23. The lowest BCUT2D eigenvalue weighted by molar-refractivity contribution is 0.0696. The zero-order valence-corrected chi connectivity index (χ0v) is 10.3. The monoisotopic (exact) mass is 253 g/mol. The number of carboxylic acids is 1. The molecule has 2 heterocycles.